The lowest BCUT2D eigenvalue weighted by molar-refractivity contribution is 0.222. The van der Waals surface area contributed by atoms with Gasteiger partial charge < -0.3 is 10.5 Å². The Bertz CT molecular complexity index is 502. The number of aromatic nitrogens is 1. The first-order chi connectivity index (χ1) is 8.16. The molecule has 2 aromatic rings. The zero-order valence-electron chi connectivity index (χ0n) is 9.43. The molecule has 0 fully saturated rings. The minimum atomic E-state index is -0.373. The second-order valence-electron chi connectivity index (χ2n) is 3.70. The molecule has 0 aliphatic heterocycles. The fourth-order valence-corrected chi connectivity index (χ4v) is 1.48. The van der Waals surface area contributed by atoms with Crippen LogP contribution in [0.5, 0.6) is 5.75 Å². The highest BCUT2D eigenvalue weighted by atomic mass is 19.1. The van der Waals surface area contributed by atoms with Gasteiger partial charge in [-0.05, 0) is 31.2 Å². The fourth-order valence-electron chi connectivity index (χ4n) is 1.48. The van der Waals surface area contributed by atoms with Crippen molar-refractivity contribution in [3.63, 3.8) is 0 Å². The van der Waals surface area contributed by atoms with Gasteiger partial charge in [0.15, 0.2) is 0 Å². The molecule has 3 nitrogen and oxygen atoms in total. The topological polar surface area (TPSA) is 48.1 Å². The van der Waals surface area contributed by atoms with Crippen LogP contribution in [-0.4, -0.2) is 4.98 Å². The molecule has 0 aliphatic carbocycles. The Hall–Kier alpha value is -2.10. The van der Waals surface area contributed by atoms with E-state index >= 15 is 0 Å². The number of benzene rings is 1. The van der Waals surface area contributed by atoms with Crippen molar-refractivity contribution in [2.75, 3.05) is 5.73 Å². The number of anilines is 1. The molecule has 1 atom stereocenters. The Kier molecular flexibility index (Phi) is 3.23. The van der Waals surface area contributed by atoms with Crippen molar-refractivity contribution in [3.8, 4) is 5.75 Å². The molecule has 17 heavy (non-hydrogen) atoms. The minimum Gasteiger partial charge on any atom is -0.482 e. The van der Waals surface area contributed by atoms with Gasteiger partial charge in [-0.25, -0.2) is 4.39 Å². The highest BCUT2D eigenvalue weighted by molar-refractivity contribution is 5.52. The number of pyridine rings is 1. The molecule has 88 valence electrons. The lowest BCUT2D eigenvalue weighted by atomic mass is 10.2. The molecule has 4 heteroatoms. The van der Waals surface area contributed by atoms with Crippen LogP contribution in [0.3, 0.4) is 0 Å². The minimum absolute atomic E-state index is 0.278. The summed E-state index contributed by atoms with van der Waals surface area (Å²) in [5, 5.41) is 0. The maximum Gasteiger partial charge on any atom is 0.146 e. The Balaban J connectivity index is 2.18. The van der Waals surface area contributed by atoms with E-state index in [-0.39, 0.29) is 11.9 Å². The molecule has 2 N–H and O–H groups in total. The second-order valence-corrected chi connectivity index (χ2v) is 3.70. The average Bonchev–Trinajstić information content (AvgIpc) is 2.35. The van der Waals surface area contributed by atoms with Crippen LogP contribution in [0.25, 0.3) is 0 Å². The molecule has 2 rings (SSSR count). The van der Waals surface area contributed by atoms with Crippen molar-refractivity contribution in [2.45, 2.75) is 13.0 Å². The Morgan fingerprint density at radius 1 is 1.29 bits per heavy atom. The lowest BCUT2D eigenvalue weighted by Crippen LogP contribution is -2.06. The first kappa shape index (κ1) is 11.4. The van der Waals surface area contributed by atoms with Gasteiger partial charge in [0.25, 0.3) is 0 Å². The van der Waals surface area contributed by atoms with E-state index in [1.807, 2.05) is 25.1 Å². The normalized spacial score (nSPS) is 12.1. The summed E-state index contributed by atoms with van der Waals surface area (Å²) in [6.45, 7) is 1.84. The molecule has 1 unspecified atom stereocenters. The molecule has 0 saturated heterocycles. The SMILES string of the molecule is CC(Oc1cc(F)ccc1N)c1ccccn1. The summed E-state index contributed by atoms with van der Waals surface area (Å²) in [6.07, 6.45) is 1.41. The van der Waals surface area contributed by atoms with Crippen molar-refractivity contribution in [1.29, 1.82) is 0 Å². The van der Waals surface area contributed by atoms with Crippen LogP contribution < -0.4 is 10.5 Å². The van der Waals surface area contributed by atoms with E-state index in [1.165, 1.54) is 18.2 Å². The van der Waals surface area contributed by atoms with E-state index in [4.69, 9.17) is 10.5 Å². The van der Waals surface area contributed by atoms with E-state index in [1.54, 1.807) is 6.20 Å². The third-order valence-electron chi connectivity index (χ3n) is 2.38. The standard InChI is InChI=1S/C13H13FN2O/c1-9(12-4-2-3-7-16-12)17-13-8-10(14)5-6-11(13)15/h2-9H,15H2,1H3. The van der Waals surface area contributed by atoms with Crippen LogP contribution in [0.15, 0.2) is 42.6 Å². The number of ether oxygens (including phenoxy) is 1. The summed E-state index contributed by atoms with van der Waals surface area (Å²) in [7, 11) is 0. The van der Waals surface area contributed by atoms with Gasteiger partial charge in [-0.3, -0.25) is 4.98 Å². The van der Waals surface area contributed by atoms with Crippen LogP contribution in [-0.2, 0) is 0 Å². The van der Waals surface area contributed by atoms with Gasteiger partial charge in [0, 0.05) is 12.3 Å². The molecular formula is C13H13FN2O. The zero-order valence-corrected chi connectivity index (χ0v) is 9.43. The predicted octanol–water partition coefficient (Wildman–Crippen LogP) is 2.94. The highest BCUT2D eigenvalue weighted by Gasteiger charge is 2.10. The molecule has 0 bridgehead atoms. The fraction of sp³-hybridized carbons (Fsp3) is 0.154. The van der Waals surface area contributed by atoms with E-state index in [0.717, 1.165) is 5.69 Å². The van der Waals surface area contributed by atoms with Crippen LogP contribution in [0.2, 0.25) is 0 Å². The van der Waals surface area contributed by atoms with Crippen LogP contribution in [0.1, 0.15) is 18.7 Å². The number of rotatable bonds is 3. The molecule has 0 saturated carbocycles. The third kappa shape index (κ3) is 2.72. The maximum atomic E-state index is 13.0. The van der Waals surface area contributed by atoms with Gasteiger partial charge in [-0.1, -0.05) is 6.07 Å². The van der Waals surface area contributed by atoms with Crippen molar-refractivity contribution in [2.24, 2.45) is 0 Å². The lowest BCUT2D eigenvalue weighted by Gasteiger charge is -2.15. The summed E-state index contributed by atoms with van der Waals surface area (Å²) in [4.78, 5) is 4.17. The molecule has 1 heterocycles. The maximum absolute atomic E-state index is 13.0. The van der Waals surface area contributed by atoms with Crippen LogP contribution >= 0.6 is 0 Å². The highest BCUT2D eigenvalue weighted by Crippen LogP contribution is 2.27. The van der Waals surface area contributed by atoms with E-state index in [0.29, 0.717) is 11.4 Å². The van der Waals surface area contributed by atoms with Crippen molar-refractivity contribution < 1.29 is 9.13 Å². The Morgan fingerprint density at radius 3 is 2.82 bits per heavy atom. The molecular weight excluding hydrogens is 219 g/mol. The summed E-state index contributed by atoms with van der Waals surface area (Å²) in [5.74, 6) is -0.0365. The molecule has 1 aromatic heterocycles. The van der Waals surface area contributed by atoms with Gasteiger partial charge in [0.05, 0.1) is 11.4 Å². The predicted molar refractivity (Wildman–Crippen MR) is 64.1 cm³/mol. The summed E-state index contributed by atoms with van der Waals surface area (Å²) in [6, 6.07) is 9.60. The molecule has 0 amide bonds. The Labute approximate surface area is 99.1 Å². The second kappa shape index (κ2) is 4.82. The average molecular weight is 232 g/mol. The number of hydrogen-bond donors (Lipinski definition) is 1. The number of nitrogens with zero attached hydrogens (tertiary/aromatic N) is 1. The number of nitrogen functional groups attached to an aromatic ring is 1. The number of halogens is 1. The number of hydrogen-bond acceptors (Lipinski definition) is 3. The quantitative estimate of drug-likeness (QED) is 0.828. The summed E-state index contributed by atoms with van der Waals surface area (Å²) < 4.78 is 18.6. The zero-order chi connectivity index (χ0) is 12.3. The van der Waals surface area contributed by atoms with Gasteiger partial charge in [-0.2, -0.15) is 0 Å². The summed E-state index contributed by atoms with van der Waals surface area (Å²) >= 11 is 0. The van der Waals surface area contributed by atoms with Crippen LogP contribution in [0, 0.1) is 5.82 Å². The van der Waals surface area contributed by atoms with E-state index < -0.39 is 0 Å². The molecule has 1 aromatic carbocycles. The van der Waals surface area contributed by atoms with Gasteiger partial charge in [-0.15, -0.1) is 0 Å². The van der Waals surface area contributed by atoms with E-state index in [9.17, 15) is 4.39 Å². The largest absolute Gasteiger partial charge is 0.482 e. The molecule has 0 radical (unpaired) electrons. The summed E-state index contributed by atoms with van der Waals surface area (Å²) in [5.41, 5.74) is 6.89. The number of nitrogens with two attached hydrogens (primary N) is 1. The van der Waals surface area contributed by atoms with Crippen molar-refractivity contribution >= 4 is 5.69 Å². The van der Waals surface area contributed by atoms with E-state index in [2.05, 4.69) is 4.98 Å². The smallest absolute Gasteiger partial charge is 0.146 e. The Morgan fingerprint density at radius 2 is 2.12 bits per heavy atom. The van der Waals surface area contributed by atoms with Gasteiger partial charge in [0.2, 0.25) is 0 Å². The van der Waals surface area contributed by atoms with Crippen LogP contribution in [0.4, 0.5) is 10.1 Å². The molecule has 0 spiro atoms. The first-order valence-electron chi connectivity index (χ1n) is 5.29. The third-order valence-corrected chi connectivity index (χ3v) is 2.38. The van der Waals surface area contributed by atoms with Gasteiger partial charge in [0.1, 0.15) is 17.7 Å². The van der Waals surface area contributed by atoms with Crippen molar-refractivity contribution in [3.05, 3.63) is 54.1 Å². The first-order valence-corrected chi connectivity index (χ1v) is 5.29. The monoisotopic (exact) mass is 232 g/mol. The molecule has 0 aliphatic rings. The van der Waals surface area contributed by atoms with Crippen molar-refractivity contribution in [1.82, 2.24) is 4.98 Å². The van der Waals surface area contributed by atoms with Gasteiger partial charge >= 0.3 is 0 Å².